The number of nitrogen functional groups attached to an aromatic ring is 2. The zero-order valence-electron chi connectivity index (χ0n) is 11.2. The zero-order valence-corrected chi connectivity index (χ0v) is 14.4. The highest BCUT2D eigenvalue weighted by atomic mass is 79.9. The molecule has 0 fully saturated rings. The molecule has 4 N–H and O–H groups in total. The van der Waals surface area contributed by atoms with Crippen LogP contribution in [0.3, 0.4) is 0 Å². The Hall–Kier alpha value is -2.47. The molecule has 0 bridgehead atoms. The highest BCUT2D eigenvalue weighted by molar-refractivity contribution is 9.10. The van der Waals surface area contributed by atoms with E-state index in [-0.39, 0.29) is 4.47 Å². The van der Waals surface area contributed by atoms with E-state index in [1.165, 1.54) is 4.68 Å². The van der Waals surface area contributed by atoms with Crippen LogP contribution in [0.4, 0.5) is 17.2 Å². The van der Waals surface area contributed by atoms with Gasteiger partial charge in [0.25, 0.3) is 17.2 Å². The summed E-state index contributed by atoms with van der Waals surface area (Å²) < 4.78 is 2.07. The van der Waals surface area contributed by atoms with Gasteiger partial charge in [-0.05, 0) is 27.7 Å². The molecular weight excluding hydrogens is 442 g/mol. The second-order valence-electron chi connectivity index (χ2n) is 3.97. The number of nitrogens with zero attached hydrogens (tertiary/aromatic N) is 3. The number of anilines is 1. The van der Waals surface area contributed by atoms with Crippen molar-refractivity contribution in [2.45, 2.75) is 0 Å². The van der Waals surface area contributed by atoms with Crippen molar-refractivity contribution in [1.82, 2.24) is 0 Å². The van der Waals surface area contributed by atoms with E-state index in [0.29, 0.717) is 11.9 Å². The monoisotopic (exact) mass is 449 g/mol. The number of non-ortho nitro benzene ring substituents is 1. The maximum atomic E-state index is 11.1. The number of hydrogen-bond acceptors (Lipinski definition) is 7. The molecule has 0 unspecified atom stereocenters. The number of halogens is 2. The van der Waals surface area contributed by atoms with Gasteiger partial charge < -0.3 is 5.11 Å². The molecule has 1 aromatic heterocycles. The van der Waals surface area contributed by atoms with Crippen LogP contribution in [0.25, 0.3) is 0 Å². The first-order valence-corrected chi connectivity index (χ1v) is 7.23. The minimum Gasteiger partial charge on any atom is -0.867 e. The summed E-state index contributed by atoms with van der Waals surface area (Å²) in [5, 5.41) is 31.7. The smallest absolute Gasteiger partial charge is 0.295 e. The Balaban J connectivity index is 0.000000253. The number of benzene rings is 1. The van der Waals surface area contributed by atoms with Gasteiger partial charge in [0.15, 0.2) is 0 Å². The van der Waals surface area contributed by atoms with Crippen LogP contribution in [-0.2, 0) is 0 Å². The van der Waals surface area contributed by atoms with Crippen molar-refractivity contribution >= 4 is 49.1 Å². The number of aromatic nitrogens is 1. The number of pyridine rings is 1. The van der Waals surface area contributed by atoms with Crippen molar-refractivity contribution in [2.75, 3.05) is 11.6 Å². The van der Waals surface area contributed by atoms with Gasteiger partial charge in [-0.15, -0.1) is 4.68 Å². The van der Waals surface area contributed by atoms with Crippen molar-refractivity contribution in [3.63, 3.8) is 0 Å². The molecule has 1 heterocycles. The molecular formula is C11H9Br2N5O5. The fourth-order valence-electron chi connectivity index (χ4n) is 1.31. The summed E-state index contributed by atoms with van der Waals surface area (Å²) >= 11 is 5.95. The topological polar surface area (TPSA) is 165 Å². The van der Waals surface area contributed by atoms with Gasteiger partial charge in [-0.2, -0.15) is 0 Å². The lowest BCUT2D eigenvalue weighted by Crippen LogP contribution is -2.46. The van der Waals surface area contributed by atoms with E-state index in [0.717, 1.165) is 10.5 Å². The van der Waals surface area contributed by atoms with Gasteiger partial charge in [-0.1, -0.05) is 15.9 Å². The standard InChI is InChI=1S/C6H3BrN2O5.C5H6BrN3/c7-4-1-3(8(11)12)2-5(6(4)10)9(13)14;6-4-1-2-5(7)9(8)3-4/h1-2,10H;1-3,7H,8H2. The van der Waals surface area contributed by atoms with Gasteiger partial charge in [-0.25, -0.2) is 0 Å². The maximum Gasteiger partial charge on any atom is 0.295 e. The minimum absolute atomic E-state index is 0.196. The third kappa shape index (κ3) is 5.03. The van der Waals surface area contributed by atoms with Gasteiger partial charge >= 0.3 is 0 Å². The van der Waals surface area contributed by atoms with Crippen molar-refractivity contribution in [3.05, 3.63) is 59.6 Å². The second-order valence-corrected chi connectivity index (χ2v) is 5.74. The third-order valence-corrected chi connectivity index (χ3v) is 3.45. The minimum atomic E-state index is -0.958. The quantitative estimate of drug-likeness (QED) is 0.301. The molecule has 12 heteroatoms. The lowest BCUT2D eigenvalue weighted by atomic mass is 10.2. The Morgan fingerprint density at radius 1 is 1.09 bits per heavy atom. The summed E-state index contributed by atoms with van der Waals surface area (Å²) in [6.45, 7) is 0. The summed E-state index contributed by atoms with van der Waals surface area (Å²) in [5.74, 6) is 5.05. The molecule has 2 aromatic rings. The average Bonchev–Trinajstić information content (AvgIpc) is 2.46. The van der Waals surface area contributed by atoms with E-state index in [1.54, 1.807) is 12.3 Å². The Morgan fingerprint density at radius 2 is 1.70 bits per heavy atom. The highest BCUT2D eigenvalue weighted by Crippen LogP contribution is 2.35. The lowest BCUT2D eigenvalue weighted by Gasteiger charge is -2.07. The predicted octanol–water partition coefficient (Wildman–Crippen LogP) is 1.37. The van der Waals surface area contributed by atoms with Gasteiger partial charge in [0.2, 0.25) is 0 Å². The van der Waals surface area contributed by atoms with E-state index in [2.05, 4.69) is 31.9 Å². The molecule has 0 saturated heterocycles. The molecule has 0 aliphatic carbocycles. The van der Waals surface area contributed by atoms with Crippen LogP contribution < -0.4 is 21.4 Å². The maximum absolute atomic E-state index is 11.1. The largest absolute Gasteiger partial charge is 0.867 e. The van der Waals surface area contributed by atoms with Gasteiger partial charge in [0, 0.05) is 16.6 Å². The first-order chi connectivity index (χ1) is 10.6. The molecule has 0 saturated carbocycles. The first kappa shape index (κ1) is 18.6. The van der Waals surface area contributed by atoms with E-state index < -0.39 is 27.0 Å². The molecule has 0 radical (unpaired) electrons. The normalized spacial score (nSPS) is 9.65. The number of hydrogen-bond donors (Lipinski definition) is 2. The van der Waals surface area contributed by atoms with Crippen LogP contribution in [0.1, 0.15) is 0 Å². The van der Waals surface area contributed by atoms with E-state index in [4.69, 9.17) is 11.6 Å². The summed E-state index contributed by atoms with van der Waals surface area (Å²) in [4.78, 5) is 18.8. The van der Waals surface area contributed by atoms with Crippen molar-refractivity contribution in [3.8, 4) is 5.75 Å². The first-order valence-electron chi connectivity index (χ1n) is 5.64. The van der Waals surface area contributed by atoms with E-state index >= 15 is 0 Å². The number of nitro groups is 2. The Morgan fingerprint density at radius 3 is 2.13 bits per heavy atom. The molecule has 10 nitrogen and oxygen atoms in total. The molecule has 0 atom stereocenters. The van der Waals surface area contributed by atoms with Crippen LogP contribution in [0.15, 0.2) is 39.4 Å². The fraction of sp³-hybridized carbons (Fsp3) is 0. The van der Waals surface area contributed by atoms with Crippen LogP contribution in [0, 0.1) is 20.2 Å². The van der Waals surface area contributed by atoms with Crippen LogP contribution >= 0.6 is 31.9 Å². The SMILES string of the molecule is Nc1ccc(Br)c[n+]1N.O=[N+]([O-])c1cc(Br)c([O-])c([N+](=O)[O-])c1. The van der Waals surface area contributed by atoms with Crippen LogP contribution in [0.5, 0.6) is 5.75 Å². The Bertz CT molecular complexity index is 771. The van der Waals surface area contributed by atoms with E-state index in [1.807, 2.05) is 6.07 Å². The Labute approximate surface area is 145 Å². The predicted molar refractivity (Wildman–Crippen MR) is 85.8 cm³/mol. The van der Waals surface area contributed by atoms with E-state index in [9.17, 15) is 25.3 Å². The van der Waals surface area contributed by atoms with Crippen LogP contribution in [-0.4, -0.2) is 9.85 Å². The Kier molecular flexibility index (Phi) is 6.21. The molecule has 0 amide bonds. The highest BCUT2D eigenvalue weighted by Gasteiger charge is 2.17. The molecule has 2 rings (SSSR count). The van der Waals surface area contributed by atoms with Gasteiger partial charge in [-0.3, -0.25) is 31.8 Å². The number of rotatable bonds is 2. The summed E-state index contributed by atoms with van der Waals surface area (Å²) in [6.07, 6.45) is 1.69. The number of nitro benzene ring substituents is 2. The van der Waals surface area contributed by atoms with Crippen LogP contribution in [0.2, 0.25) is 0 Å². The molecule has 0 aliphatic rings. The molecule has 122 valence electrons. The van der Waals surface area contributed by atoms with Gasteiger partial charge in [0.1, 0.15) is 6.20 Å². The van der Waals surface area contributed by atoms with Crippen molar-refractivity contribution in [2.24, 2.45) is 0 Å². The zero-order chi connectivity index (χ0) is 17.7. The number of nitrogens with two attached hydrogens (primary N) is 2. The average molecular weight is 451 g/mol. The summed E-state index contributed by atoms with van der Waals surface area (Å²) in [5.41, 5.74) is 4.09. The van der Waals surface area contributed by atoms with Crippen molar-refractivity contribution in [1.29, 1.82) is 0 Å². The molecule has 0 aliphatic heterocycles. The lowest BCUT2D eigenvalue weighted by molar-refractivity contribution is -0.624. The molecule has 23 heavy (non-hydrogen) atoms. The molecule has 0 spiro atoms. The summed E-state index contributed by atoms with van der Waals surface area (Å²) in [7, 11) is 0. The second kappa shape index (κ2) is 7.69. The fourth-order valence-corrected chi connectivity index (χ4v) is 2.10. The van der Waals surface area contributed by atoms with Gasteiger partial charge in [0.05, 0.1) is 20.4 Å². The molecule has 1 aromatic carbocycles. The summed E-state index contributed by atoms with van der Waals surface area (Å²) in [6, 6.07) is 5.12. The van der Waals surface area contributed by atoms with Crippen molar-refractivity contribution < 1.29 is 19.6 Å². The third-order valence-electron chi connectivity index (χ3n) is 2.39.